The second-order valence-electron chi connectivity index (χ2n) is 5.46. The normalized spacial score (nSPS) is 10.6. The third kappa shape index (κ3) is 6.08. The summed E-state index contributed by atoms with van der Waals surface area (Å²) in [6.07, 6.45) is 2.21. The molecular weight excluding hydrogens is 290 g/mol. The minimum Gasteiger partial charge on any atom is -0.489 e. The van der Waals surface area contributed by atoms with Crippen LogP contribution in [0.15, 0.2) is 48.7 Å². The largest absolute Gasteiger partial charge is 0.489 e. The van der Waals surface area contributed by atoms with Crippen molar-refractivity contribution in [2.75, 3.05) is 11.9 Å². The minimum atomic E-state index is -0.0432. The zero-order chi connectivity index (χ0) is 16.5. The van der Waals surface area contributed by atoms with Gasteiger partial charge in [-0.3, -0.25) is 9.78 Å². The third-order valence-electron chi connectivity index (χ3n) is 3.08. The number of rotatable bonds is 8. The van der Waals surface area contributed by atoms with Crippen LogP contribution in [0, 0.1) is 0 Å². The average Bonchev–Trinajstić information content (AvgIpc) is 2.54. The maximum atomic E-state index is 12.0. The Kier molecular flexibility index (Phi) is 6.56. The smallest absolute Gasteiger partial charge is 0.225 e. The van der Waals surface area contributed by atoms with Gasteiger partial charge in [0.15, 0.2) is 0 Å². The molecule has 0 radical (unpaired) electrons. The van der Waals surface area contributed by atoms with E-state index in [0.29, 0.717) is 30.9 Å². The average molecular weight is 313 g/mol. The number of ether oxygens (including phenoxy) is 1. The van der Waals surface area contributed by atoms with E-state index in [-0.39, 0.29) is 12.0 Å². The fourth-order valence-electron chi connectivity index (χ4n) is 2.06. The van der Waals surface area contributed by atoms with Crippen LogP contribution in [0.3, 0.4) is 0 Å². The van der Waals surface area contributed by atoms with E-state index in [1.807, 2.05) is 56.3 Å². The van der Waals surface area contributed by atoms with Crippen LogP contribution in [-0.4, -0.2) is 23.5 Å². The van der Waals surface area contributed by atoms with Crippen molar-refractivity contribution in [3.8, 4) is 5.75 Å². The lowest BCUT2D eigenvalue weighted by Gasteiger charge is -2.14. The van der Waals surface area contributed by atoms with E-state index in [1.165, 1.54) is 0 Å². The van der Waals surface area contributed by atoms with E-state index in [0.717, 1.165) is 5.69 Å². The molecule has 2 rings (SSSR count). The molecule has 0 saturated carbocycles. The van der Waals surface area contributed by atoms with Gasteiger partial charge >= 0.3 is 0 Å². The van der Waals surface area contributed by atoms with Gasteiger partial charge in [0.05, 0.1) is 17.5 Å². The molecule has 0 saturated heterocycles. The van der Waals surface area contributed by atoms with Gasteiger partial charge < -0.3 is 15.4 Å². The van der Waals surface area contributed by atoms with E-state index < -0.39 is 0 Å². The van der Waals surface area contributed by atoms with Gasteiger partial charge in [0.25, 0.3) is 0 Å². The minimum absolute atomic E-state index is 0.0432. The molecule has 23 heavy (non-hydrogen) atoms. The first kappa shape index (κ1) is 17.0. The van der Waals surface area contributed by atoms with Crippen molar-refractivity contribution in [3.05, 3.63) is 54.4 Å². The molecule has 0 spiro atoms. The van der Waals surface area contributed by atoms with Gasteiger partial charge in [-0.15, -0.1) is 0 Å². The lowest BCUT2D eigenvalue weighted by atomic mass is 10.2. The van der Waals surface area contributed by atoms with E-state index >= 15 is 0 Å². The molecule has 1 aromatic carbocycles. The summed E-state index contributed by atoms with van der Waals surface area (Å²) >= 11 is 0. The van der Waals surface area contributed by atoms with Crippen molar-refractivity contribution in [2.24, 2.45) is 0 Å². The fourth-order valence-corrected chi connectivity index (χ4v) is 2.06. The molecule has 1 amide bonds. The Morgan fingerprint density at radius 1 is 1.17 bits per heavy atom. The highest BCUT2D eigenvalue weighted by Crippen LogP contribution is 2.24. The molecule has 0 atom stereocenters. The summed E-state index contributed by atoms with van der Waals surface area (Å²) in [5, 5.41) is 6.11. The van der Waals surface area contributed by atoms with Gasteiger partial charge in [0, 0.05) is 25.7 Å². The van der Waals surface area contributed by atoms with Crippen LogP contribution in [-0.2, 0) is 11.3 Å². The highest BCUT2D eigenvalue weighted by molar-refractivity contribution is 5.92. The fraction of sp³-hybridized carbons (Fsp3) is 0.333. The second-order valence-corrected chi connectivity index (χ2v) is 5.46. The predicted octanol–water partition coefficient (Wildman–Crippen LogP) is 2.99. The van der Waals surface area contributed by atoms with Crippen LogP contribution < -0.4 is 15.4 Å². The zero-order valence-corrected chi connectivity index (χ0v) is 13.6. The maximum absolute atomic E-state index is 12.0. The summed E-state index contributed by atoms with van der Waals surface area (Å²) in [6, 6.07) is 13.2. The number of nitrogens with zero attached hydrogens (tertiary/aromatic N) is 1. The van der Waals surface area contributed by atoms with Crippen molar-refractivity contribution in [2.45, 2.75) is 32.9 Å². The molecule has 1 heterocycles. The van der Waals surface area contributed by atoms with E-state index in [1.54, 1.807) is 6.20 Å². The van der Waals surface area contributed by atoms with Crippen molar-refractivity contribution in [1.82, 2.24) is 10.3 Å². The Balaban J connectivity index is 1.76. The molecule has 5 nitrogen and oxygen atoms in total. The number of carbonyl (C=O) groups excluding carboxylic acids is 1. The molecule has 0 aliphatic heterocycles. The molecule has 0 bridgehead atoms. The Bertz CT molecular complexity index is 615. The zero-order valence-electron chi connectivity index (χ0n) is 13.6. The van der Waals surface area contributed by atoms with Crippen molar-refractivity contribution < 1.29 is 9.53 Å². The first-order chi connectivity index (χ1) is 11.1. The van der Waals surface area contributed by atoms with E-state index in [9.17, 15) is 4.79 Å². The van der Waals surface area contributed by atoms with Crippen molar-refractivity contribution in [1.29, 1.82) is 0 Å². The van der Waals surface area contributed by atoms with Crippen LogP contribution in [0.1, 0.15) is 26.0 Å². The summed E-state index contributed by atoms with van der Waals surface area (Å²) in [4.78, 5) is 16.3. The predicted molar refractivity (Wildman–Crippen MR) is 91.4 cm³/mol. The molecule has 1 aromatic heterocycles. The molecular formula is C18H23N3O2. The van der Waals surface area contributed by atoms with Crippen LogP contribution >= 0.6 is 0 Å². The Labute approximate surface area is 137 Å². The van der Waals surface area contributed by atoms with E-state index in [2.05, 4.69) is 15.6 Å². The first-order valence-electron chi connectivity index (χ1n) is 7.81. The van der Waals surface area contributed by atoms with Gasteiger partial charge in [0.1, 0.15) is 5.75 Å². The van der Waals surface area contributed by atoms with Gasteiger partial charge in [-0.05, 0) is 38.1 Å². The summed E-state index contributed by atoms with van der Waals surface area (Å²) in [7, 11) is 0. The van der Waals surface area contributed by atoms with Crippen LogP contribution in [0.4, 0.5) is 5.69 Å². The molecule has 0 aliphatic rings. The highest BCUT2D eigenvalue weighted by Gasteiger charge is 2.08. The summed E-state index contributed by atoms with van der Waals surface area (Å²) in [5.74, 6) is 0.649. The number of anilines is 1. The van der Waals surface area contributed by atoms with Crippen molar-refractivity contribution in [3.63, 3.8) is 0 Å². The number of carbonyl (C=O) groups is 1. The van der Waals surface area contributed by atoms with Gasteiger partial charge in [-0.1, -0.05) is 18.2 Å². The van der Waals surface area contributed by atoms with Crippen LogP contribution in [0.5, 0.6) is 5.75 Å². The molecule has 0 unspecified atom stereocenters. The second kappa shape index (κ2) is 8.90. The lowest BCUT2D eigenvalue weighted by molar-refractivity contribution is -0.116. The van der Waals surface area contributed by atoms with Gasteiger partial charge in [-0.2, -0.15) is 0 Å². The highest BCUT2D eigenvalue weighted by atomic mass is 16.5. The Hall–Kier alpha value is -2.40. The molecule has 122 valence electrons. The number of aromatic nitrogens is 1. The number of benzene rings is 1. The van der Waals surface area contributed by atoms with E-state index in [4.69, 9.17) is 4.74 Å². The van der Waals surface area contributed by atoms with Crippen molar-refractivity contribution >= 4 is 11.6 Å². The standard InChI is InChI=1S/C18H23N3O2/c1-14(2)23-17-9-4-3-8-16(17)21-18(22)10-12-19-13-15-7-5-6-11-20-15/h3-9,11,14,19H,10,12-13H2,1-2H3,(H,21,22). The lowest BCUT2D eigenvalue weighted by Crippen LogP contribution is -2.22. The number of para-hydroxylation sites is 2. The quantitative estimate of drug-likeness (QED) is 0.735. The summed E-state index contributed by atoms with van der Waals surface area (Å²) < 4.78 is 5.69. The number of amides is 1. The number of pyridine rings is 1. The molecule has 0 aliphatic carbocycles. The first-order valence-corrected chi connectivity index (χ1v) is 7.81. The maximum Gasteiger partial charge on any atom is 0.225 e. The molecule has 2 N–H and O–H groups in total. The monoisotopic (exact) mass is 313 g/mol. The van der Waals surface area contributed by atoms with Gasteiger partial charge in [0.2, 0.25) is 5.91 Å². The molecule has 0 fully saturated rings. The SMILES string of the molecule is CC(C)Oc1ccccc1NC(=O)CCNCc1ccccn1. The van der Waals surface area contributed by atoms with Crippen LogP contribution in [0.25, 0.3) is 0 Å². The third-order valence-corrected chi connectivity index (χ3v) is 3.08. The van der Waals surface area contributed by atoms with Gasteiger partial charge in [-0.25, -0.2) is 0 Å². The summed E-state index contributed by atoms with van der Waals surface area (Å²) in [5.41, 5.74) is 1.67. The van der Waals surface area contributed by atoms with Crippen LogP contribution in [0.2, 0.25) is 0 Å². The topological polar surface area (TPSA) is 63.2 Å². The number of nitrogens with one attached hydrogen (secondary N) is 2. The molecule has 5 heteroatoms. The summed E-state index contributed by atoms with van der Waals surface area (Å²) in [6.45, 7) is 5.16. The Morgan fingerprint density at radius 2 is 1.96 bits per heavy atom. The number of hydrogen-bond acceptors (Lipinski definition) is 4. The molecule has 2 aromatic rings. The number of hydrogen-bond donors (Lipinski definition) is 2. The Morgan fingerprint density at radius 3 is 2.70 bits per heavy atom.